The number of rotatable bonds is 1. The van der Waals surface area contributed by atoms with Crippen molar-refractivity contribution in [3.05, 3.63) is 34.9 Å². The maximum absolute atomic E-state index is 2.78. The van der Waals surface area contributed by atoms with Crippen LogP contribution in [-0.2, 0) is 12.8 Å². The highest BCUT2D eigenvalue weighted by molar-refractivity contribution is 5.32. The molecule has 0 spiro atoms. The average molecular weight is 243 g/mol. The molecule has 0 amide bonds. The zero-order valence-electron chi connectivity index (χ0n) is 11.8. The smallest absolute Gasteiger partial charge is 0.0104 e. The van der Waals surface area contributed by atoms with Gasteiger partial charge in [-0.3, -0.25) is 4.90 Å². The molecule has 1 aromatic rings. The van der Waals surface area contributed by atoms with Crippen LogP contribution in [0, 0.1) is 6.92 Å². The quantitative estimate of drug-likeness (QED) is 0.679. The fourth-order valence-electron chi connectivity index (χ4n) is 3.85. The molecule has 2 atom stereocenters. The van der Waals surface area contributed by atoms with Crippen LogP contribution in [0.2, 0.25) is 0 Å². The normalized spacial score (nSPS) is 29.0. The summed E-state index contributed by atoms with van der Waals surface area (Å²) in [5.74, 6) is 0. The third-order valence-electron chi connectivity index (χ3n) is 4.93. The van der Waals surface area contributed by atoms with Gasteiger partial charge in [-0.1, -0.05) is 23.8 Å². The van der Waals surface area contributed by atoms with Gasteiger partial charge in [0.05, 0.1) is 0 Å². The van der Waals surface area contributed by atoms with E-state index in [4.69, 9.17) is 0 Å². The molecule has 1 fully saturated rings. The number of likely N-dealkylation sites (tertiary alicyclic amines) is 1. The highest BCUT2D eigenvalue weighted by Crippen LogP contribution is 2.29. The largest absolute Gasteiger partial charge is 0.298 e. The van der Waals surface area contributed by atoms with Crippen LogP contribution in [0.3, 0.4) is 0 Å². The zero-order chi connectivity index (χ0) is 12.5. The Kier molecular flexibility index (Phi) is 3.43. The van der Waals surface area contributed by atoms with Crippen molar-refractivity contribution in [2.24, 2.45) is 0 Å². The van der Waals surface area contributed by atoms with Crippen LogP contribution in [0.4, 0.5) is 0 Å². The van der Waals surface area contributed by atoms with Gasteiger partial charge in [-0.2, -0.15) is 0 Å². The van der Waals surface area contributed by atoms with E-state index in [-0.39, 0.29) is 0 Å². The van der Waals surface area contributed by atoms with Gasteiger partial charge in [-0.15, -0.1) is 0 Å². The minimum Gasteiger partial charge on any atom is -0.298 e. The number of nitrogens with zero attached hydrogens (tertiary/aromatic N) is 1. The van der Waals surface area contributed by atoms with Gasteiger partial charge in [0.15, 0.2) is 0 Å². The number of fused-ring (bicyclic) bond motifs is 1. The SMILES string of the molecule is Cc1ccc2c(c1)CCC(N1CCC[C@@H]1C)CC2. The third-order valence-corrected chi connectivity index (χ3v) is 4.93. The Morgan fingerprint density at radius 2 is 1.83 bits per heavy atom. The lowest BCUT2D eigenvalue weighted by molar-refractivity contribution is 0.174. The molecule has 1 aliphatic heterocycles. The molecule has 0 aromatic heterocycles. The fraction of sp³-hybridized carbons (Fsp3) is 0.647. The summed E-state index contributed by atoms with van der Waals surface area (Å²) in [6.07, 6.45) is 8.10. The topological polar surface area (TPSA) is 3.24 Å². The first-order chi connectivity index (χ1) is 8.74. The lowest BCUT2D eigenvalue weighted by Crippen LogP contribution is -2.37. The van der Waals surface area contributed by atoms with E-state index in [9.17, 15) is 0 Å². The van der Waals surface area contributed by atoms with E-state index in [2.05, 4.69) is 36.9 Å². The Labute approximate surface area is 111 Å². The summed E-state index contributed by atoms with van der Waals surface area (Å²) in [4.78, 5) is 2.78. The summed E-state index contributed by atoms with van der Waals surface area (Å²) in [5.41, 5.74) is 4.64. The summed E-state index contributed by atoms with van der Waals surface area (Å²) in [6.45, 7) is 5.96. The lowest BCUT2D eigenvalue weighted by Gasteiger charge is -2.30. The van der Waals surface area contributed by atoms with Crippen LogP contribution in [0.5, 0.6) is 0 Å². The number of aryl methyl sites for hydroxylation is 3. The molecule has 0 radical (unpaired) electrons. The molecule has 3 rings (SSSR count). The van der Waals surface area contributed by atoms with Crippen molar-refractivity contribution in [1.82, 2.24) is 4.90 Å². The summed E-state index contributed by atoms with van der Waals surface area (Å²) in [6, 6.07) is 8.69. The summed E-state index contributed by atoms with van der Waals surface area (Å²) in [7, 11) is 0. The van der Waals surface area contributed by atoms with Crippen molar-refractivity contribution >= 4 is 0 Å². The van der Waals surface area contributed by atoms with Crippen molar-refractivity contribution in [1.29, 1.82) is 0 Å². The van der Waals surface area contributed by atoms with E-state index in [0.717, 1.165) is 12.1 Å². The van der Waals surface area contributed by atoms with Gasteiger partial charge in [0, 0.05) is 12.1 Å². The first kappa shape index (κ1) is 12.2. The van der Waals surface area contributed by atoms with Crippen LogP contribution in [0.15, 0.2) is 18.2 Å². The van der Waals surface area contributed by atoms with Crippen LogP contribution < -0.4 is 0 Å². The Morgan fingerprint density at radius 1 is 1.06 bits per heavy atom. The second kappa shape index (κ2) is 5.05. The van der Waals surface area contributed by atoms with Gasteiger partial charge in [-0.25, -0.2) is 0 Å². The van der Waals surface area contributed by atoms with Crippen molar-refractivity contribution in [2.75, 3.05) is 6.54 Å². The van der Waals surface area contributed by atoms with E-state index in [1.165, 1.54) is 50.6 Å². The Hall–Kier alpha value is -0.820. The number of hydrogen-bond acceptors (Lipinski definition) is 1. The molecule has 0 bridgehead atoms. The summed E-state index contributed by atoms with van der Waals surface area (Å²) in [5, 5.41) is 0. The standard InChI is InChI=1S/C17H25N/c1-13-5-6-15-7-9-17(10-8-16(15)12-13)18-11-3-4-14(18)2/h5-6,12,14,17H,3-4,7-11H2,1-2H3/t14-,17?/m0/s1. The highest BCUT2D eigenvalue weighted by Gasteiger charge is 2.28. The zero-order valence-corrected chi connectivity index (χ0v) is 11.8. The van der Waals surface area contributed by atoms with Gasteiger partial charge in [0.2, 0.25) is 0 Å². The van der Waals surface area contributed by atoms with E-state index in [0.29, 0.717) is 0 Å². The maximum Gasteiger partial charge on any atom is 0.0104 e. The van der Waals surface area contributed by atoms with E-state index in [1.807, 2.05) is 0 Å². The number of benzene rings is 1. The molecule has 98 valence electrons. The Morgan fingerprint density at radius 3 is 2.56 bits per heavy atom. The minimum absolute atomic E-state index is 0.818. The van der Waals surface area contributed by atoms with Crippen LogP contribution in [0.25, 0.3) is 0 Å². The molecule has 1 heteroatoms. The molecular formula is C17H25N. The van der Waals surface area contributed by atoms with E-state index in [1.54, 1.807) is 11.1 Å². The van der Waals surface area contributed by atoms with Gasteiger partial charge in [0.25, 0.3) is 0 Å². The van der Waals surface area contributed by atoms with Gasteiger partial charge in [0.1, 0.15) is 0 Å². The van der Waals surface area contributed by atoms with Crippen molar-refractivity contribution in [3.8, 4) is 0 Å². The maximum atomic E-state index is 2.78. The third kappa shape index (κ3) is 2.33. The van der Waals surface area contributed by atoms with Crippen molar-refractivity contribution in [3.63, 3.8) is 0 Å². The Balaban J connectivity index is 1.74. The van der Waals surface area contributed by atoms with Crippen LogP contribution in [0.1, 0.15) is 49.3 Å². The van der Waals surface area contributed by atoms with Crippen LogP contribution in [-0.4, -0.2) is 23.5 Å². The molecule has 1 unspecified atom stereocenters. The molecular weight excluding hydrogens is 218 g/mol. The van der Waals surface area contributed by atoms with Gasteiger partial charge in [-0.05, 0) is 70.0 Å². The first-order valence-electron chi connectivity index (χ1n) is 7.58. The minimum atomic E-state index is 0.818. The molecule has 18 heavy (non-hydrogen) atoms. The molecule has 1 aromatic carbocycles. The summed E-state index contributed by atoms with van der Waals surface area (Å²) < 4.78 is 0. The molecule has 2 aliphatic rings. The molecule has 1 saturated heterocycles. The number of hydrogen-bond donors (Lipinski definition) is 0. The predicted octanol–water partition coefficient (Wildman–Crippen LogP) is 3.73. The van der Waals surface area contributed by atoms with E-state index < -0.39 is 0 Å². The predicted molar refractivity (Wildman–Crippen MR) is 77.0 cm³/mol. The average Bonchev–Trinajstić information content (AvgIpc) is 2.67. The molecule has 0 N–H and O–H groups in total. The fourth-order valence-corrected chi connectivity index (χ4v) is 3.85. The van der Waals surface area contributed by atoms with Gasteiger partial charge >= 0.3 is 0 Å². The van der Waals surface area contributed by atoms with Crippen LogP contribution >= 0.6 is 0 Å². The highest BCUT2D eigenvalue weighted by atomic mass is 15.2. The summed E-state index contributed by atoms with van der Waals surface area (Å²) >= 11 is 0. The van der Waals surface area contributed by atoms with Crippen molar-refractivity contribution in [2.45, 2.75) is 64.5 Å². The first-order valence-corrected chi connectivity index (χ1v) is 7.58. The Bertz CT molecular complexity index is 424. The van der Waals surface area contributed by atoms with Gasteiger partial charge < -0.3 is 0 Å². The monoisotopic (exact) mass is 243 g/mol. The molecule has 1 nitrogen and oxygen atoms in total. The second-order valence-electron chi connectivity index (χ2n) is 6.23. The molecule has 0 saturated carbocycles. The van der Waals surface area contributed by atoms with E-state index >= 15 is 0 Å². The second-order valence-corrected chi connectivity index (χ2v) is 6.23. The molecule has 1 aliphatic carbocycles. The lowest BCUT2D eigenvalue weighted by atomic mass is 10.0. The molecule has 1 heterocycles. The van der Waals surface area contributed by atoms with Crippen molar-refractivity contribution < 1.29 is 0 Å².